The van der Waals surface area contributed by atoms with Gasteiger partial charge in [-0.05, 0) is 41.5 Å². The molecule has 0 amide bonds. The quantitative estimate of drug-likeness (QED) is 0.832. The molecule has 1 saturated heterocycles. The molecule has 0 saturated carbocycles. The van der Waals surface area contributed by atoms with E-state index in [-0.39, 0.29) is 11.3 Å². The second-order valence-electron chi connectivity index (χ2n) is 4.84. The molecule has 2 rings (SSSR count). The van der Waals surface area contributed by atoms with E-state index >= 15 is 0 Å². The Morgan fingerprint density at radius 1 is 1.35 bits per heavy atom. The Morgan fingerprint density at radius 2 is 2.05 bits per heavy atom. The van der Waals surface area contributed by atoms with Crippen LogP contribution in [0.25, 0.3) is 0 Å². The van der Waals surface area contributed by atoms with Crippen molar-refractivity contribution in [1.82, 2.24) is 4.72 Å². The molecule has 1 aromatic rings. The molecule has 2 N–H and O–H groups in total. The second-order valence-corrected chi connectivity index (χ2v) is 7.80. The van der Waals surface area contributed by atoms with Crippen molar-refractivity contribution in [2.24, 2.45) is 5.92 Å². The van der Waals surface area contributed by atoms with Gasteiger partial charge in [-0.15, -0.1) is 0 Å². The molecule has 0 spiro atoms. The molecule has 1 heterocycles. The van der Waals surface area contributed by atoms with Crippen LogP contribution in [0.4, 0.5) is 0 Å². The number of carboxylic acid groups (broad SMARTS) is 1. The van der Waals surface area contributed by atoms with Crippen LogP contribution < -0.4 is 4.72 Å². The SMILES string of the molecule is O=C(O)c1ccc(CS(=O)(=O)NCC2CCSC2)cc1. The van der Waals surface area contributed by atoms with Gasteiger partial charge in [-0.1, -0.05) is 12.1 Å². The van der Waals surface area contributed by atoms with Crippen LogP contribution in [0.5, 0.6) is 0 Å². The molecule has 1 aromatic carbocycles. The average molecular weight is 315 g/mol. The molecule has 1 atom stereocenters. The van der Waals surface area contributed by atoms with Crippen molar-refractivity contribution in [2.75, 3.05) is 18.1 Å². The molecule has 0 bridgehead atoms. The van der Waals surface area contributed by atoms with E-state index in [1.54, 1.807) is 0 Å². The zero-order chi connectivity index (χ0) is 14.6. The molecule has 0 radical (unpaired) electrons. The predicted octanol–water partition coefficient (Wildman–Crippen LogP) is 1.56. The van der Waals surface area contributed by atoms with E-state index in [0.29, 0.717) is 18.0 Å². The van der Waals surface area contributed by atoms with Gasteiger partial charge in [0.05, 0.1) is 11.3 Å². The van der Waals surface area contributed by atoms with Crippen LogP contribution in [0.2, 0.25) is 0 Å². The van der Waals surface area contributed by atoms with Gasteiger partial charge >= 0.3 is 5.97 Å². The third-order valence-electron chi connectivity index (χ3n) is 3.17. The van der Waals surface area contributed by atoms with Gasteiger partial charge in [-0.2, -0.15) is 11.8 Å². The molecular weight excluding hydrogens is 298 g/mol. The molecule has 1 fully saturated rings. The minimum absolute atomic E-state index is 0.118. The van der Waals surface area contributed by atoms with E-state index in [9.17, 15) is 13.2 Å². The van der Waals surface area contributed by atoms with Crippen LogP contribution in [0.1, 0.15) is 22.3 Å². The normalized spacial score (nSPS) is 19.1. The Morgan fingerprint density at radius 3 is 2.60 bits per heavy atom. The third-order valence-corrected chi connectivity index (χ3v) is 5.72. The van der Waals surface area contributed by atoms with Crippen molar-refractivity contribution in [3.05, 3.63) is 35.4 Å². The summed E-state index contributed by atoms with van der Waals surface area (Å²) in [5, 5.41) is 8.78. The number of nitrogens with one attached hydrogen (secondary N) is 1. The first-order valence-corrected chi connectivity index (χ1v) is 9.14. The van der Waals surface area contributed by atoms with Gasteiger partial charge in [-0.3, -0.25) is 0 Å². The fourth-order valence-electron chi connectivity index (χ4n) is 2.00. The Hall–Kier alpha value is -1.05. The lowest BCUT2D eigenvalue weighted by atomic mass is 10.1. The molecule has 1 aliphatic rings. The highest BCUT2D eigenvalue weighted by Gasteiger charge is 2.19. The maximum atomic E-state index is 11.9. The summed E-state index contributed by atoms with van der Waals surface area (Å²) in [5.74, 6) is 1.39. The Balaban J connectivity index is 1.91. The van der Waals surface area contributed by atoms with Gasteiger partial charge < -0.3 is 5.11 Å². The zero-order valence-corrected chi connectivity index (χ0v) is 12.5. The molecule has 110 valence electrons. The van der Waals surface area contributed by atoms with E-state index < -0.39 is 16.0 Å². The number of carboxylic acids is 1. The molecule has 1 aliphatic heterocycles. The predicted molar refractivity (Wildman–Crippen MR) is 79.5 cm³/mol. The Kier molecular flexibility index (Phi) is 5.06. The first kappa shape index (κ1) is 15.3. The number of carbonyl (C=O) groups is 1. The van der Waals surface area contributed by atoms with Gasteiger partial charge in [0.1, 0.15) is 0 Å². The zero-order valence-electron chi connectivity index (χ0n) is 10.9. The van der Waals surface area contributed by atoms with Crippen molar-refractivity contribution in [3.63, 3.8) is 0 Å². The summed E-state index contributed by atoms with van der Waals surface area (Å²) in [6, 6.07) is 5.91. The van der Waals surface area contributed by atoms with E-state index in [4.69, 9.17) is 5.11 Å². The highest BCUT2D eigenvalue weighted by Crippen LogP contribution is 2.22. The van der Waals surface area contributed by atoms with Crippen molar-refractivity contribution in [1.29, 1.82) is 0 Å². The minimum atomic E-state index is -3.36. The maximum absolute atomic E-state index is 11.9. The average Bonchev–Trinajstić information content (AvgIpc) is 2.90. The van der Waals surface area contributed by atoms with Gasteiger partial charge in [-0.25, -0.2) is 17.9 Å². The van der Waals surface area contributed by atoms with E-state index in [2.05, 4.69) is 4.72 Å². The van der Waals surface area contributed by atoms with E-state index in [1.165, 1.54) is 24.3 Å². The lowest BCUT2D eigenvalue weighted by molar-refractivity contribution is 0.0697. The first-order chi connectivity index (χ1) is 9.46. The number of rotatable bonds is 6. The monoisotopic (exact) mass is 315 g/mol. The molecule has 1 unspecified atom stereocenters. The number of aromatic carboxylic acids is 1. The number of sulfonamides is 1. The maximum Gasteiger partial charge on any atom is 0.335 e. The molecular formula is C13H17NO4S2. The number of benzene rings is 1. The van der Waals surface area contributed by atoms with Crippen molar-refractivity contribution in [2.45, 2.75) is 12.2 Å². The Bertz CT molecular complexity index is 563. The van der Waals surface area contributed by atoms with Crippen LogP contribution >= 0.6 is 11.8 Å². The summed E-state index contributed by atoms with van der Waals surface area (Å²) in [6.45, 7) is 0.489. The first-order valence-electron chi connectivity index (χ1n) is 6.33. The molecule has 20 heavy (non-hydrogen) atoms. The molecule has 0 aromatic heterocycles. The number of hydrogen-bond acceptors (Lipinski definition) is 4. The smallest absolute Gasteiger partial charge is 0.335 e. The third kappa shape index (κ3) is 4.50. The van der Waals surface area contributed by atoms with Crippen molar-refractivity contribution < 1.29 is 18.3 Å². The fraction of sp³-hybridized carbons (Fsp3) is 0.462. The standard InChI is InChI=1S/C13H17NO4S2/c15-13(16)12-3-1-10(2-4-12)9-20(17,18)14-7-11-5-6-19-8-11/h1-4,11,14H,5-9H2,(H,15,16). The molecule has 5 nitrogen and oxygen atoms in total. The van der Waals surface area contributed by atoms with Gasteiger partial charge in [0.25, 0.3) is 0 Å². The summed E-state index contributed by atoms with van der Waals surface area (Å²) < 4.78 is 26.5. The van der Waals surface area contributed by atoms with E-state index in [0.717, 1.165) is 17.9 Å². The van der Waals surface area contributed by atoms with Crippen molar-refractivity contribution in [3.8, 4) is 0 Å². The lowest BCUT2D eigenvalue weighted by Gasteiger charge is -2.10. The number of thioether (sulfide) groups is 1. The summed E-state index contributed by atoms with van der Waals surface area (Å²) in [7, 11) is -3.36. The fourth-order valence-corrected chi connectivity index (χ4v) is 4.51. The number of hydrogen-bond donors (Lipinski definition) is 2. The summed E-state index contributed by atoms with van der Waals surface area (Å²) in [5.41, 5.74) is 0.741. The molecule has 7 heteroatoms. The minimum Gasteiger partial charge on any atom is -0.478 e. The highest BCUT2D eigenvalue weighted by molar-refractivity contribution is 7.99. The summed E-state index contributed by atoms with van der Waals surface area (Å²) >= 11 is 1.85. The molecule has 0 aliphatic carbocycles. The van der Waals surface area contributed by atoms with Crippen LogP contribution in [-0.2, 0) is 15.8 Å². The van der Waals surface area contributed by atoms with Crippen LogP contribution in [0, 0.1) is 5.92 Å². The summed E-state index contributed by atoms with van der Waals surface area (Å²) in [6.07, 6.45) is 1.06. The van der Waals surface area contributed by atoms with Gasteiger partial charge in [0.15, 0.2) is 0 Å². The van der Waals surface area contributed by atoms with Crippen molar-refractivity contribution >= 4 is 27.8 Å². The largest absolute Gasteiger partial charge is 0.478 e. The topological polar surface area (TPSA) is 83.5 Å². The van der Waals surface area contributed by atoms with Crippen LogP contribution in [0.3, 0.4) is 0 Å². The van der Waals surface area contributed by atoms with E-state index in [1.807, 2.05) is 11.8 Å². The lowest BCUT2D eigenvalue weighted by Crippen LogP contribution is -2.30. The van der Waals surface area contributed by atoms with Crippen LogP contribution in [-0.4, -0.2) is 37.5 Å². The van der Waals surface area contributed by atoms with Gasteiger partial charge in [0, 0.05) is 6.54 Å². The second kappa shape index (κ2) is 6.60. The highest BCUT2D eigenvalue weighted by atomic mass is 32.2. The summed E-state index contributed by atoms with van der Waals surface area (Å²) in [4.78, 5) is 10.7. The van der Waals surface area contributed by atoms with Gasteiger partial charge in [0.2, 0.25) is 10.0 Å². The van der Waals surface area contributed by atoms with Crippen LogP contribution in [0.15, 0.2) is 24.3 Å². The Labute approximate surface area is 122 Å².